The second-order valence-corrected chi connectivity index (χ2v) is 28.1. The van der Waals surface area contributed by atoms with Crippen LogP contribution in [-0.4, -0.2) is 323 Å². The number of carbonyl (C=O) groups excluding carboxylic acids is 6. The number of nitrogens with zero attached hydrogens (tertiary/aromatic N) is 12. The average Bonchev–Trinajstić information content (AvgIpc) is 0.748. The van der Waals surface area contributed by atoms with Crippen LogP contribution in [0.2, 0.25) is 0 Å². The Hall–Kier alpha value is -8.56. The molecule has 0 radical (unpaired) electrons. The molecule has 6 saturated heterocycles. The minimum atomic E-state index is -2.02. The lowest BCUT2D eigenvalue weighted by molar-refractivity contribution is -0.205. The van der Waals surface area contributed by atoms with Gasteiger partial charge in [0.2, 0.25) is 0 Å². The van der Waals surface area contributed by atoms with Crippen molar-refractivity contribution in [2.45, 2.75) is 75.5 Å². The lowest BCUT2D eigenvalue weighted by Gasteiger charge is -2.48. The van der Waals surface area contributed by atoms with Gasteiger partial charge in [-0.25, -0.2) is 24.0 Å². The summed E-state index contributed by atoms with van der Waals surface area (Å²) in [6.45, 7) is 20.7. The molecule has 576 valence electrons. The molecule has 29 nitrogen and oxygen atoms in total. The third-order valence-corrected chi connectivity index (χ3v) is 21.0. The lowest BCUT2D eigenvalue weighted by atomic mass is 9.74. The van der Waals surface area contributed by atoms with Crippen molar-refractivity contribution >= 4 is 35.6 Å². The number of Topliss-reactive ketones (excluding diaryl/α,β-unsaturated/α-hetero) is 1. The second kappa shape index (κ2) is 39.7. The van der Waals surface area contributed by atoms with Crippen LogP contribution >= 0.6 is 0 Å². The summed E-state index contributed by atoms with van der Waals surface area (Å²) in [4.78, 5) is 135. The number of hydrogen-bond donors (Lipinski definition) is 0. The van der Waals surface area contributed by atoms with Crippen molar-refractivity contribution in [2.24, 2.45) is 5.92 Å². The summed E-state index contributed by atoms with van der Waals surface area (Å²) in [6, 6.07) is 19.7. The predicted molar refractivity (Wildman–Crippen MR) is 390 cm³/mol. The maximum absolute atomic E-state index is 15.6. The highest BCUT2D eigenvalue weighted by Crippen LogP contribution is 2.41. The van der Waals surface area contributed by atoms with Gasteiger partial charge in [0.25, 0.3) is 0 Å². The molecule has 6 aliphatic heterocycles. The molecule has 108 heavy (non-hydrogen) atoms. The smallest absolute Gasteiger partial charge is 0.340 e. The molecule has 1 saturated carbocycles. The maximum atomic E-state index is 15.6. The van der Waals surface area contributed by atoms with Crippen molar-refractivity contribution < 1.29 is 80.9 Å². The quantitative estimate of drug-likeness (QED) is 0.0341. The van der Waals surface area contributed by atoms with Crippen molar-refractivity contribution in [3.8, 4) is 0 Å². The normalized spacial score (nSPS) is 22.4. The molecule has 1 aliphatic carbocycles. The van der Waals surface area contributed by atoms with Gasteiger partial charge in [0.05, 0.1) is 107 Å². The van der Waals surface area contributed by atoms with Gasteiger partial charge in [-0.05, 0) is 72.8 Å². The first-order valence-corrected chi connectivity index (χ1v) is 38.1. The molecule has 6 atom stereocenters. The summed E-state index contributed by atoms with van der Waals surface area (Å²) in [5.41, 5.74) is 4.03. The van der Waals surface area contributed by atoms with Gasteiger partial charge < -0.3 is 52.1 Å². The minimum Gasteiger partial charge on any atom is -0.454 e. The highest BCUT2D eigenvalue weighted by atomic mass is 16.7. The third kappa shape index (κ3) is 22.3. The lowest BCUT2D eigenvalue weighted by Crippen LogP contribution is -2.66. The van der Waals surface area contributed by atoms with Crippen LogP contribution in [0.1, 0.15) is 103 Å². The number of aromatic nitrogens is 6. The zero-order valence-corrected chi connectivity index (χ0v) is 61.3. The highest BCUT2D eigenvalue weighted by molar-refractivity contribution is 5.97. The third-order valence-electron chi connectivity index (χ3n) is 21.0. The van der Waals surface area contributed by atoms with E-state index in [0.717, 1.165) is 84.2 Å². The Bertz CT molecular complexity index is 3190. The fourth-order valence-electron chi connectivity index (χ4n) is 14.3. The summed E-state index contributed by atoms with van der Waals surface area (Å²) in [5.74, 6) is -7.26. The van der Waals surface area contributed by atoms with Gasteiger partial charge in [0, 0.05) is 246 Å². The van der Waals surface area contributed by atoms with Crippen LogP contribution in [0.3, 0.4) is 0 Å². The first-order chi connectivity index (χ1) is 53.0. The number of carbonyl (C=O) groups is 6. The number of esters is 5. The van der Waals surface area contributed by atoms with E-state index >= 15 is 28.8 Å². The van der Waals surface area contributed by atoms with E-state index in [9.17, 15) is 0 Å². The van der Waals surface area contributed by atoms with E-state index in [4.69, 9.17) is 67.1 Å². The van der Waals surface area contributed by atoms with Crippen LogP contribution in [0.5, 0.6) is 0 Å². The number of hydrogen-bond acceptors (Lipinski definition) is 29. The minimum absolute atomic E-state index is 0.0369. The van der Waals surface area contributed by atoms with E-state index in [1.807, 2.05) is 0 Å². The summed E-state index contributed by atoms with van der Waals surface area (Å²) >= 11 is 0. The fraction of sp³-hybridized carbons (Fsp3) is 0.544. The van der Waals surface area contributed by atoms with Gasteiger partial charge in [0.15, 0.2) is 24.1 Å². The molecule has 0 bridgehead atoms. The molecule has 0 spiro atoms. The molecule has 0 amide bonds. The number of ether oxygens (including phenoxy) is 11. The van der Waals surface area contributed by atoms with Crippen molar-refractivity contribution in [3.63, 3.8) is 0 Å². The van der Waals surface area contributed by atoms with Gasteiger partial charge in [0.1, 0.15) is 12.2 Å². The molecule has 12 heterocycles. The molecule has 0 unspecified atom stereocenters. The summed E-state index contributed by atoms with van der Waals surface area (Å²) in [5, 5.41) is 0. The van der Waals surface area contributed by atoms with Crippen LogP contribution < -0.4 is 0 Å². The van der Waals surface area contributed by atoms with E-state index in [1.165, 1.54) is 37.2 Å². The van der Waals surface area contributed by atoms with E-state index in [-0.39, 0.29) is 33.4 Å². The van der Waals surface area contributed by atoms with E-state index in [1.54, 1.807) is 72.8 Å². The predicted octanol–water partition coefficient (Wildman–Crippen LogP) is 3.64. The Kier molecular flexibility index (Phi) is 28.5. The average molecular weight is 1490 g/mol. The Balaban J connectivity index is 0.902. The van der Waals surface area contributed by atoms with E-state index in [2.05, 4.69) is 44.4 Å². The number of pyridine rings is 6. The largest absolute Gasteiger partial charge is 0.454 e. The molecule has 0 aromatic carbocycles. The highest BCUT2D eigenvalue weighted by Gasteiger charge is 2.60. The summed E-state index contributed by atoms with van der Waals surface area (Å²) < 4.78 is 67.0. The van der Waals surface area contributed by atoms with Crippen LogP contribution in [0.15, 0.2) is 110 Å². The molecule has 7 aliphatic rings. The maximum Gasteiger partial charge on any atom is 0.340 e. The molecule has 7 fully saturated rings. The van der Waals surface area contributed by atoms with Gasteiger partial charge >= 0.3 is 29.8 Å². The zero-order valence-electron chi connectivity index (χ0n) is 61.3. The van der Waals surface area contributed by atoms with Crippen LogP contribution in [-0.2, 0) is 90.6 Å². The fourth-order valence-corrected chi connectivity index (χ4v) is 14.3. The van der Waals surface area contributed by atoms with Gasteiger partial charge in [-0.3, -0.25) is 64.1 Å². The Morgan fingerprint density at radius 3 is 0.648 bits per heavy atom. The Morgan fingerprint density at radius 1 is 0.269 bits per heavy atom. The van der Waals surface area contributed by atoms with Crippen molar-refractivity contribution in [1.29, 1.82) is 0 Å². The number of ketones is 1. The zero-order chi connectivity index (χ0) is 74.2. The summed E-state index contributed by atoms with van der Waals surface area (Å²) in [7, 11) is 0. The van der Waals surface area contributed by atoms with E-state index < -0.39 is 78.5 Å². The molecule has 0 N–H and O–H groups in total. The SMILES string of the molecule is O=C(C[C@@H]1[C@@H](OC(=O)c2ccc(CCN3CCOCC3)nc2)[C@@H](OC(=O)c2ccc(CCN3CCOCC3)nc2)[C@@H](OC(=O)c2ccc(CCN3CCOCC3)nc2)[C@H](OC(=O)c2ccc(CCN3CCOCC3)nc2)[C@H]1OC(=O)c1ccc(CCN2CCOCC2)nc1)c1ccc(CCN2CCOCC2)nc1. The van der Waals surface area contributed by atoms with Crippen LogP contribution in [0.4, 0.5) is 0 Å². The van der Waals surface area contributed by atoms with Crippen LogP contribution in [0, 0.1) is 5.92 Å². The second-order valence-electron chi connectivity index (χ2n) is 28.1. The standard InChI is InChI=1S/C79H98N12O17/c92-69(56-1-7-62(80-50-56)13-19-86-25-37-98-38-26-86)49-68-70(104-75(93)57-2-8-63(81-51-57)14-20-87-27-39-99-40-28-87)72(106-77(95)59-4-10-65(83-53-59)16-22-89-31-43-101-44-32-89)74(108-79(97)61-6-12-67(85-55-61)18-24-91-35-47-103-48-36-91)73(107-78(96)60-5-11-66(84-54-60)17-23-90-33-45-102-46-34-90)71(68)105-76(94)58-3-9-64(82-52-58)15-21-88-29-41-100-42-30-88/h1-12,50-55,68,70-74H,13-49H2/t68-,70-,71+,72-,73-,74-/m1/s1. The molecule has 13 rings (SSSR count). The van der Waals surface area contributed by atoms with Crippen LogP contribution in [0.25, 0.3) is 0 Å². The van der Waals surface area contributed by atoms with Crippen molar-refractivity contribution in [1.82, 2.24) is 59.3 Å². The van der Waals surface area contributed by atoms with Crippen molar-refractivity contribution in [3.05, 3.63) is 178 Å². The molecular weight excluding hydrogens is 1390 g/mol. The molecule has 6 aromatic heterocycles. The Morgan fingerprint density at radius 2 is 0.454 bits per heavy atom. The number of morpholine rings is 6. The molecule has 29 heteroatoms. The van der Waals surface area contributed by atoms with Gasteiger partial charge in [-0.15, -0.1) is 0 Å². The van der Waals surface area contributed by atoms with Gasteiger partial charge in [-0.2, -0.15) is 0 Å². The first-order valence-electron chi connectivity index (χ1n) is 38.1. The van der Waals surface area contributed by atoms with Gasteiger partial charge in [-0.1, -0.05) is 0 Å². The number of rotatable bonds is 31. The molecular formula is C79H98N12O17. The first kappa shape index (κ1) is 77.6. The monoisotopic (exact) mass is 1490 g/mol. The molecule has 6 aromatic rings. The summed E-state index contributed by atoms with van der Waals surface area (Å²) in [6.07, 6.45) is 1.24. The van der Waals surface area contributed by atoms with Crippen molar-refractivity contribution in [2.75, 3.05) is 197 Å². The Labute approximate surface area is 629 Å². The topological polar surface area (TPSA) is 301 Å². The van der Waals surface area contributed by atoms with E-state index in [0.29, 0.717) is 186 Å².